The van der Waals surface area contributed by atoms with E-state index in [2.05, 4.69) is 44.8 Å². The van der Waals surface area contributed by atoms with Crippen LogP contribution in [0.4, 0.5) is 5.95 Å². The summed E-state index contributed by atoms with van der Waals surface area (Å²) in [4.78, 5) is 14.4. The van der Waals surface area contributed by atoms with Gasteiger partial charge >= 0.3 is 5.63 Å². The van der Waals surface area contributed by atoms with Crippen LogP contribution in [0.2, 0.25) is 0 Å². The van der Waals surface area contributed by atoms with Crippen molar-refractivity contribution in [1.29, 1.82) is 0 Å². The molecular weight excluding hydrogens is 424 g/mol. The number of morpholine rings is 1. The number of aryl methyl sites for hydroxylation is 1. The van der Waals surface area contributed by atoms with Gasteiger partial charge in [0.2, 0.25) is 5.95 Å². The molecule has 1 aliphatic heterocycles. The summed E-state index contributed by atoms with van der Waals surface area (Å²) in [6, 6.07) is 17.8. The molecule has 4 aromatic rings. The minimum atomic E-state index is -0.333. The molecule has 0 unspecified atom stereocenters. The minimum Gasteiger partial charge on any atom is -0.423 e. The molecule has 0 aliphatic carbocycles. The molecule has 1 aliphatic rings. The Balaban J connectivity index is 1.50. The Morgan fingerprint density at radius 1 is 1.03 bits per heavy atom. The van der Waals surface area contributed by atoms with Crippen molar-refractivity contribution in [3.8, 4) is 5.69 Å². The Morgan fingerprint density at radius 2 is 1.84 bits per heavy atom. The first-order chi connectivity index (χ1) is 15.7. The van der Waals surface area contributed by atoms with E-state index in [0.29, 0.717) is 24.5 Å². The number of nitrogens with zero attached hydrogens (tertiary/aromatic N) is 4. The van der Waals surface area contributed by atoms with Crippen LogP contribution in [0.15, 0.2) is 69.0 Å². The molecular formula is C24H24N4O3S. The van der Waals surface area contributed by atoms with E-state index < -0.39 is 0 Å². The fourth-order valence-electron chi connectivity index (χ4n) is 3.88. The van der Waals surface area contributed by atoms with E-state index in [1.807, 2.05) is 30.3 Å². The Bertz CT molecular complexity index is 1280. The Labute approximate surface area is 190 Å². The van der Waals surface area contributed by atoms with Crippen LogP contribution in [-0.4, -0.2) is 41.1 Å². The van der Waals surface area contributed by atoms with Gasteiger partial charge in [0.1, 0.15) is 5.58 Å². The summed E-state index contributed by atoms with van der Waals surface area (Å²) in [6.45, 7) is 4.99. The number of para-hydroxylation sites is 1. The monoisotopic (exact) mass is 448 g/mol. The standard InChI is InChI=1S/C24H24N4O3S/c1-2-17-8-9-20-18(15-22(29)31-21(20)14-17)16-32-24-26-25-23(27-10-12-30-13-11-27)28(24)19-6-4-3-5-7-19/h3-9,14-15H,2,10-13,16H2,1H3. The second-order valence-corrected chi connectivity index (χ2v) is 8.56. The number of aromatic nitrogens is 3. The largest absolute Gasteiger partial charge is 0.423 e. The molecule has 8 heteroatoms. The number of fused-ring (bicyclic) bond motifs is 1. The quantitative estimate of drug-likeness (QED) is 0.325. The molecule has 0 spiro atoms. The van der Waals surface area contributed by atoms with E-state index in [1.165, 1.54) is 0 Å². The van der Waals surface area contributed by atoms with Gasteiger partial charge in [-0.2, -0.15) is 0 Å². The van der Waals surface area contributed by atoms with Gasteiger partial charge in [0, 0.05) is 30.3 Å². The van der Waals surface area contributed by atoms with E-state index in [-0.39, 0.29) is 5.63 Å². The third-order valence-electron chi connectivity index (χ3n) is 5.58. The predicted molar refractivity (Wildman–Crippen MR) is 126 cm³/mol. The molecule has 0 radical (unpaired) electrons. The van der Waals surface area contributed by atoms with E-state index >= 15 is 0 Å². The summed E-state index contributed by atoms with van der Waals surface area (Å²) in [7, 11) is 0. The van der Waals surface area contributed by atoms with Gasteiger partial charge in [-0.25, -0.2) is 4.79 Å². The lowest BCUT2D eigenvalue weighted by Crippen LogP contribution is -2.37. The molecule has 2 aromatic heterocycles. The maximum absolute atomic E-state index is 12.2. The molecule has 1 fully saturated rings. The van der Waals surface area contributed by atoms with Crippen molar-refractivity contribution >= 4 is 28.7 Å². The van der Waals surface area contributed by atoms with E-state index in [9.17, 15) is 4.79 Å². The van der Waals surface area contributed by atoms with Crippen molar-refractivity contribution in [3.05, 3.63) is 76.1 Å². The summed E-state index contributed by atoms with van der Waals surface area (Å²) in [5, 5.41) is 10.8. The highest BCUT2D eigenvalue weighted by Crippen LogP contribution is 2.31. The molecule has 5 rings (SSSR count). The van der Waals surface area contributed by atoms with Crippen molar-refractivity contribution in [2.45, 2.75) is 24.3 Å². The number of rotatable bonds is 6. The molecule has 164 valence electrons. The fraction of sp³-hybridized carbons (Fsp3) is 0.292. The highest BCUT2D eigenvalue weighted by Gasteiger charge is 2.22. The smallest absolute Gasteiger partial charge is 0.336 e. The van der Waals surface area contributed by atoms with Crippen LogP contribution in [0.25, 0.3) is 16.7 Å². The number of anilines is 1. The zero-order valence-electron chi connectivity index (χ0n) is 17.9. The van der Waals surface area contributed by atoms with Gasteiger partial charge in [-0.15, -0.1) is 10.2 Å². The number of hydrogen-bond donors (Lipinski definition) is 0. The minimum absolute atomic E-state index is 0.333. The van der Waals surface area contributed by atoms with Crippen molar-refractivity contribution in [1.82, 2.24) is 14.8 Å². The van der Waals surface area contributed by atoms with E-state index in [1.54, 1.807) is 17.8 Å². The summed E-state index contributed by atoms with van der Waals surface area (Å²) in [6.07, 6.45) is 0.892. The van der Waals surface area contributed by atoms with Crippen molar-refractivity contribution < 1.29 is 9.15 Å². The molecule has 0 amide bonds. The predicted octanol–water partition coefficient (Wildman–Crippen LogP) is 4.07. The molecule has 7 nitrogen and oxygen atoms in total. The lowest BCUT2D eigenvalue weighted by Gasteiger charge is -2.27. The maximum atomic E-state index is 12.2. The van der Waals surface area contributed by atoms with Gasteiger partial charge in [-0.1, -0.05) is 49.0 Å². The number of ether oxygens (including phenoxy) is 1. The molecule has 2 aromatic carbocycles. The number of benzene rings is 2. The second-order valence-electron chi connectivity index (χ2n) is 7.62. The summed E-state index contributed by atoms with van der Waals surface area (Å²) < 4.78 is 13.0. The van der Waals surface area contributed by atoms with Crippen LogP contribution in [0.3, 0.4) is 0 Å². The van der Waals surface area contributed by atoms with Crippen LogP contribution in [0, 0.1) is 0 Å². The van der Waals surface area contributed by atoms with Gasteiger partial charge in [0.25, 0.3) is 0 Å². The fourth-order valence-corrected chi connectivity index (χ4v) is 4.82. The second kappa shape index (κ2) is 9.18. The van der Waals surface area contributed by atoms with Crippen LogP contribution in [0.1, 0.15) is 18.1 Å². The molecule has 32 heavy (non-hydrogen) atoms. The summed E-state index contributed by atoms with van der Waals surface area (Å²) in [5.41, 5.74) is 3.38. The first kappa shape index (κ1) is 20.8. The van der Waals surface area contributed by atoms with Crippen molar-refractivity contribution in [2.75, 3.05) is 31.2 Å². The lowest BCUT2D eigenvalue weighted by molar-refractivity contribution is 0.122. The lowest BCUT2D eigenvalue weighted by atomic mass is 10.1. The van der Waals surface area contributed by atoms with Crippen molar-refractivity contribution in [2.24, 2.45) is 0 Å². The van der Waals surface area contributed by atoms with Gasteiger partial charge in [0.05, 0.1) is 18.9 Å². The molecule has 0 atom stereocenters. The zero-order chi connectivity index (χ0) is 21.9. The van der Waals surface area contributed by atoms with Gasteiger partial charge in [0.15, 0.2) is 5.16 Å². The van der Waals surface area contributed by atoms with Crippen LogP contribution in [-0.2, 0) is 16.9 Å². The molecule has 0 N–H and O–H groups in total. The van der Waals surface area contributed by atoms with Gasteiger partial charge in [-0.3, -0.25) is 4.57 Å². The molecule has 0 bridgehead atoms. The average molecular weight is 449 g/mol. The first-order valence-electron chi connectivity index (χ1n) is 10.7. The molecule has 1 saturated heterocycles. The van der Waals surface area contributed by atoms with Gasteiger partial charge < -0.3 is 14.1 Å². The normalized spacial score (nSPS) is 14.2. The van der Waals surface area contributed by atoms with Gasteiger partial charge in [-0.05, 0) is 35.7 Å². The maximum Gasteiger partial charge on any atom is 0.336 e. The Morgan fingerprint density at radius 3 is 2.62 bits per heavy atom. The van der Waals surface area contributed by atoms with E-state index in [0.717, 1.165) is 52.8 Å². The highest BCUT2D eigenvalue weighted by atomic mass is 32.2. The summed E-state index contributed by atoms with van der Waals surface area (Å²) in [5.74, 6) is 1.40. The topological polar surface area (TPSA) is 73.4 Å². The third kappa shape index (κ3) is 4.16. The van der Waals surface area contributed by atoms with Crippen LogP contribution in [0.5, 0.6) is 0 Å². The van der Waals surface area contributed by atoms with Crippen LogP contribution < -0.4 is 10.5 Å². The van der Waals surface area contributed by atoms with Crippen LogP contribution >= 0.6 is 11.8 Å². The van der Waals surface area contributed by atoms with E-state index in [4.69, 9.17) is 9.15 Å². The number of thioether (sulfide) groups is 1. The van der Waals surface area contributed by atoms with Crippen molar-refractivity contribution in [3.63, 3.8) is 0 Å². The first-order valence-corrected chi connectivity index (χ1v) is 11.7. The Hall–Kier alpha value is -3.10. The average Bonchev–Trinajstić information content (AvgIpc) is 3.27. The third-order valence-corrected chi connectivity index (χ3v) is 6.56. The Kier molecular flexibility index (Phi) is 5.96. The number of hydrogen-bond acceptors (Lipinski definition) is 7. The SMILES string of the molecule is CCc1ccc2c(CSc3nnc(N4CCOCC4)n3-c3ccccc3)cc(=O)oc2c1. The highest BCUT2D eigenvalue weighted by molar-refractivity contribution is 7.98. The summed E-state index contributed by atoms with van der Waals surface area (Å²) >= 11 is 1.56. The molecule has 0 saturated carbocycles. The zero-order valence-corrected chi connectivity index (χ0v) is 18.7. The molecule has 3 heterocycles.